The number of aromatic nitrogens is 4. The van der Waals surface area contributed by atoms with Crippen molar-refractivity contribution in [1.29, 1.82) is 0 Å². The van der Waals surface area contributed by atoms with Crippen LogP contribution in [0.5, 0.6) is 0 Å². The fraction of sp³-hybridized carbons (Fsp3) is 0.300. The summed E-state index contributed by atoms with van der Waals surface area (Å²) >= 11 is 0. The van der Waals surface area contributed by atoms with E-state index >= 15 is 0 Å². The SMILES string of the molecule is CCn1nnnc1-c1cccc(C(=O)N2CCN(c3ccccc3)CC2)c1. The van der Waals surface area contributed by atoms with Gasteiger partial charge in [0.25, 0.3) is 5.91 Å². The van der Waals surface area contributed by atoms with E-state index in [0.29, 0.717) is 31.0 Å². The Morgan fingerprint density at radius 2 is 1.78 bits per heavy atom. The summed E-state index contributed by atoms with van der Waals surface area (Å²) in [6.45, 7) is 5.77. The number of tetrazole rings is 1. The Labute approximate surface area is 158 Å². The Morgan fingerprint density at radius 1 is 1.00 bits per heavy atom. The molecule has 3 aromatic rings. The van der Waals surface area contributed by atoms with Gasteiger partial charge in [0.05, 0.1) is 0 Å². The van der Waals surface area contributed by atoms with Crippen molar-refractivity contribution in [2.45, 2.75) is 13.5 Å². The van der Waals surface area contributed by atoms with Crippen molar-refractivity contribution in [3.63, 3.8) is 0 Å². The number of aryl methyl sites for hydroxylation is 1. The lowest BCUT2D eigenvalue weighted by molar-refractivity contribution is 0.0747. The standard InChI is InChI=1S/C20H22N6O/c1-2-26-19(21-22-23-26)16-7-6-8-17(15-16)20(27)25-13-11-24(12-14-25)18-9-4-3-5-10-18/h3-10,15H,2,11-14H2,1H3. The van der Waals surface area contributed by atoms with Crippen LogP contribution in [0.25, 0.3) is 11.4 Å². The van der Waals surface area contributed by atoms with Crippen molar-refractivity contribution >= 4 is 11.6 Å². The van der Waals surface area contributed by atoms with Gasteiger partial charge in [-0.05, 0) is 41.6 Å². The molecule has 1 aliphatic heterocycles. The summed E-state index contributed by atoms with van der Waals surface area (Å²) in [6.07, 6.45) is 0. The number of piperazine rings is 1. The van der Waals surface area contributed by atoms with E-state index in [9.17, 15) is 4.79 Å². The van der Waals surface area contributed by atoms with Crippen molar-refractivity contribution < 1.29 is 4.79 Å². The highest BCUT2D eigenvalue weighted by molar-refractivity contribution is 5.95. The molecule has 1 saturated heterocycles. The second kappa shape index (κ2) is 7.57. The maximum atomic E-state index is 13.0. The first-order valence-electron chi connectivity index (χ1n) is 9.22. The van der Waals surface area contributed by atoms with Crippen molar-refractivity contribution in [3.05, 3.63) is 60.2 Å². The fourth-order valence-corrected chi connectivity index (χ4v) is 3.40. The van der Waals surface area contributed by atoms with E-state index in [-0.39, 0.29) is 5.91 Å². The minimum absolute atomic E-state index is 0.0556. The summed E-state index contributed by atoms with van der Waals surface area (Å²) in [4.78, 5) is 17.2. The highest BCUT2D eigenvalue weighted by Gasteiger charge is 2.22. The topological polar surface area (TPSA) is 67.2 Å². The third-order valence-electron chi connectivity index (χ3n) is 4.89. The third kappa shape index (κ3) is 3.53. The molecule has 0 N–H and O–H groups in total. The molecule has 1 aromatic heterocycles. The first-order valence-corrected chi connectivity index (χ1v) is 9.22. The number of hydrogen-bond donors (Lipinski definition) is 0. The van der Waals surface area contributed by atoms with Crippen molar-refractivity contribution in [3.8, 4) is 11.4 Å². The number of hydrogen-bond acceptors (Lipinski definition) is 5. The van der Waals surface area contributed by atoms with Crippen molar-refractivity contribution in [1.82, 2.24) is 25.1 Å². The first kappa shape index (κ1) is 17.2. The summed E-state index contributed by atoms with van der Waals surface area (Å²) in [5, 5.41) is 11.8. The van der Waals surface area contributed by atoms with Gasteiger partial charge in [0, 0.05) is 49.5 Å². The van der Waals surface area contributed by atoms with E-state index in [1.54, 1.807) is 4.68 Å². The van der Waals surface area contributed by atoms with Crippen molar-refractivity contribution in [2.24, 2.45) is 0 Å². The average Bonchev–Trinajstić information content (AvgIpc) is 3.23. The number of rotatable bonds is 4. The Balaban J connectivity index is 1.47. The molecule has 0 radical (unpaired) electrons. The number of carbonyl (C=O) groups is 1. The molecule has 1 amide bonds. The van der Waals surface area contributed by atoms with Gasteiger partial charge < -0.3 is 9.80 Å². The molecule has 1 aliphatic rings. The van der Waals surface area contributed by atoms with E-state index < -0.39 is 0 Å². The maximum Gasteiger partial charge on any atom is 0.253 e. The Kier molecular flexibility index (Phi) is 4.82. The molecule has 7 nitrogen and oxygen atoms in total. The van der Waals surface area contributed by atoms with Crippen LogP contribution in [-0.4, -0.2) is 57.2 Å². The maximum absolute atomic E-state index is 13.0. The molecule has 0 bridgehead atoms. The van der Waals surface area contributed by atoms with E-state index in [4.69, 9.17) is 0 Å². The number of carbonyl (C=O) groups excluding carboxylic acids is 1. The van der Waals surface area contributed by atoms with Gasteiger partial charge in [-0.3, -0.25) is 4.79 Å². The average molecular weight is 362 g/mol. The van der Waals surface area contributed by atoms with Crippen LogP contribution in [0, 0.1) is 0 Å². The van der Waals surface area contributed by atoms with Gasteiger partial charge in [0.1, 0.15) is 0 Å². The van der Waals surface area contributed by atoms with Crippen LogP contribution in [0.4, 0.5) is 5.69 Å². The van der Waals surface area contributed by atoms with Crippen molar-refractivity contribution in [2.75, 3.05) is 31.1 Å². The Morgan fingerprint density at radius 3 is 2.52 bits per heavy atom. The fourth-order valence-electron chi connectivity index (χ4n) is 3.40. The van der Waals surface area contributed by atoms with Gasteiger partial charge in [-0.25, -0.2) is 4.68 Å². The number of amides is 1. The zero-order valence-electron chi connectivity index (χ0n) is 15.3. The smallest absolute Gasteiger partial charge is 0.253 e. The molecule has 7 heteroatoms. The number of para-hydroxylation sites is 1. The Bertz CT molecular complexity index is 915. The van der Waals surface area contributed by atoms with Crippen LogP contribution in [0.2, 0.25) is 0 Å². The Hall–Kier alpha value is -3.22. The van der Waals surface area contributed by atoms with Gasteiger partial charge in [0.2, 0.25) is 0 Å². The van der Waals surface area contributed by atoms with Crippen LogP contribution < -0.4 is 4.90 Å². The second-order valence-corrected chi connectivity index (χ2v) is 6.51. The monoisotopic (exact) mass is 362 g/mol. The minimum Gasteiger partial charge on any atom is -0.368 e. The van der Waals surface area contributed by atoms with Crippen LogP contribution in [0.15, 0.2) is 54.6 Å². The summed E-state index contributed by atoms with van der Waals surface area (Å²) in [6, 6.07) is 17.9. The number of benzene rings is 2. The van der Waals surface area contributed by atoms with Gasteiger partial charge in [-0.1, -0.05) is 30.3 Å². The molecular formula is C20H22N6O. The lowest BCUT2D eigenvalue weighted by Crippen LogP contribution is -2.48. The highest BCUT2D eigenvalue weighted by atomic mass is 16.2. The zero-order valence-corrected chi connectivity index (χ0v) is 15.3. The number of nitrogens with zero attached hydrogens (tertiary/aromatic N) is 6. The number of anilines is 1. The van der Waals surface area contributed by atoms with Gasteiger partial charge in [0.15, 0.2) is 5.82 Å². The molecule has 138 valence electrons. The predicted octanol–water partition coefficient (Wildman–Crippen LogP) is 2.32. The molecule has 0 saturated carbocycles. The molecule has 4 rings (SSSR count). The van der Waals surface area contributed by atoms with E-state index in [0.717, 1.165) is 18.7 Å². The molecule has 1 fully saturated rings. The highest BCUT2D eigenvalue weighted by Crippen LogP contribution is 2.20. The zero-order chi connectivity index (χ0) is 18.6. The van der Waals surface area contributed by atoms with Gasteiger partial charge >= 0.3 is 0 Å². The lowest BCUT2D eigenvalue weighted by atomic mass is 10.1. The lowest BCUT2D eigenvalue weighted by Gasteiger charge is -2.36. The van der Waals surface area contributed by atoms with Crippen LogP contribution in [0.1, 0.15) is 17.3 Å². The van der Waals surface area contributed by atoms with Crippen LogP contribution in [-0.2, 0) is 6.54 Å². The largest absolute Gasteiger partial charge is 0.368 e. The quantitative estimate of drug-likeness (QED) is 0.713. The first-order chi connectivity index (χ1) is 13.3. The summed E-state index contributed by atoms with van der Waals surface area (Å²) in [5.41, 5.74) is 2.74. The molecule has 0 atom stereocenters. The predicted molar refractivity (Wildman–Crippen MR) is 103 cm³/mol. The van der Waals surface area contributed by atoms with E-state index in [2.05, 4.69) is 32.6 Å². The third-order valence-corrected chi connectivity index (χ3v) is 4.89. The van der Waals surface area contributed by atoms with Gasteiger partial charge in [-0.15, -0.1) is 5.10 Å². The van der Waals surface area contributed by atoms with E-state index in [1.807, 2.05) is 54.3 Å². The summed E-state index contributed by atoms with van der Waals surface area (Å²) in [7, 11) is 0. The second-order valence-electron chi connectivity index (χ2n) is 6.51. The molecule has 27 heavy (non-hydrogen) atoms. The van der Waals surface area contributed by atoms with Crippen LogP contribution >= 0.6 is 0 Å². The molecule has 0 spiro atoms. The molecular weight excluding hydrogens is 340 g/mol. The molecule has 2 aromatic carbocycles. The van der Waals surface area contributed by atoms with Gasteiger partial charge in [-0.2, -0.15) is 0 Å². The van der Waals surface area contributed by atoms with Crippen LogP contribution in [0.3, 0.4) is 0 Å². The normalized spacial score (nSPS) is 14.4. The van der Waals surface area contributed by atoms with E-state index in [1.165, 1.54) is 5.69 Å². The minimum atomic E-state index is 0.0556. The molecule has 0 aliphatic carbocycles. The molecule has 2 heterocycles. The summed E-state index contributed by atoms with van der Waals surface area (Å²) in [5.74, 6) is 0.737. The summed E-state index contributed by atoms with van der Waals surface area (Å²) < 4.78 is 1.72. The molecule has 0 unspecified atom stereocenters.